The first kappa shape index (κ1) is 18.1. The smallest absolute Gasteiger partial charge is 0.422 e. The Balaban J connectivity index is 2.50. The van der Waals surface area contributed by atoms with Crippen LogP contribution in [0.3, 0.4) is 0 Å². The van der Waals surface area contributed by atoms with E-state index in [9.17, 15) is 18.0 Å². The highest BCUT2D eigenvalue weighted by Gasteiger charge is 2.28. The van der Waals surface area contributed by atoms with Crippen molar-refractivity contribution in [2.45, 2.75) is 32.0 Å². The van der Waals surface area contributed by atoms with E-state index in [1.54, 1.807) is 13.0 Å². The van der Waals surface area contributed by atoms with E-state index in [1.807, 2.05) is 0 Å². The number of carbonyl (C=O) groups is 1. The molecule has 0 bridgehead atoms. The molecule has 0 spiro atoms. The highest BCUT2D eigenvalue weighted by Crippen LogP contribution is 2.21. The molecule has 0 radical (unpaired) electrons. The molecule has 0 aromatic heterocycles. The summed E-state index contributed by atoms with van der Waals surface area (Å²) in [6.45, 7) is 0.450. The van der Waals surface area contributed by atoms with E-state index in [0.717, 1.165) is 0 Å². The van der Waals surface area contributed by atoms with Crippen LogP contribution in [0.4, 0.5) is 23.7 Å². The SMILES string of the molecule is CC(CCCO)NC(=O)Nc1cccc(OCC(F)(F)F)c1. The number of rotatable bonds is 7. The molecule has 0 heterocycles. The van der Waals surface area contributed by atoms with Crippen LogP contribution in [-0.2, 0) is 0 Å². The largest absolute Gasteiger partial charge is 0.484 e. The molecule has 3 N–H and O–H groups in total. The Morgan fingerprint density at radius 2 is 2.14 bits per heavy atom. The summed E-state index contributed by atoms with van der Waals surface area (Å²) in [7, 11) is 0. The summed E-state index contributed by atoms with van der Waals surface area (Å²) in [5.41, 5.74) is 0.325. The van der Waals surface area contributed by atoms with Crippen molar-refractivity contribution in [3.63, 3.8) is 0 Å². The maximum atomic E-state index is 12.1. The molecule has 0 saturated heterocycles. The van der Waals surface area contributed by atoms with Gasteiger partial charge in [0.1, 0.15) is 5.75 Å². The Bertz CT molecular complexity index is 481. The summed E-state index contributed by atoms with van der Waals surface area (Å²) in [4.78, 5) is 11.7. The molecule has 0 aliphatic heterocycles. The summed E-state index contributed by atoms with van der Waals surface area (Å²) in [6.07, 6.45) is -3.22. The van der Waals surface area contributed by atoms with Gasteiger partial charge in [-0.15, -0.1) is 0 Å². The first-order valence-corrected chi connectivity index (χ1v) is 6.78. The van der Waals surface area contributed by atoms with Crippen molar-refractivity contribution in [1.82, 2.24) is 5.32 Å². The number of carbonyl (C=O) groups excluding carboxylic acids is 1. The molecular weight excluding hydrogens is 301 g/mol. The van der Waals surface area contributed by atoms with Gasteiger partial charge in [-0.1, -0.05) is 6.07 Å². The number of halogens is 3. The van der Waals surface area contributed by atoms with Crippen LogP contribution in [-0.4, -0.2) is 36.6 Å². The Morgan fingerprint density at radius 1 is 1.41 bits per heavy atom. The third kappa shape index (κ3) is 7.72. The highest BCUT2D eigenvalue weighted by atomic mass is 19.4. The van der Waals surface area contributed by atoms with Gasteiger partial charge in [0.15, 0.2) is 6.61 Å². The van der Waals surface area contributed by atoms with Gasteiger partial charge in [-0.25, -0.2) is 4.79 Å². The number of nitrogens with one attached hydrogen (secondary N) is 2. The maximum absolute atomic E-state index is 12.1. The number of hydrogen-bond acceptors (Lipinski definition) is 3. The summed E-state index contributed by atoms with van der Waals surface area (Å²) in [5.74, 6) is 0.0171. The lowest BCUT2D eigenvalue weighted by atomic mass is 10.2. The number of anilines is 1. The second kappa shape index (κ2) is 8.47. The number of ether oxygens (including phenoxy) is 1. The minimum absolute atomic E-state index is 0.0171. The van der Waals surface area contributed by atoms with Gasteiger partial charge >= 0.3 is 12.2 Å². The standard InChI is InChI=1S/C14H19F3N2O3/c1-10(4-3-7-20)18-13(21)19-11-5-2-6-12(8-11)22-9-14(15,16)17/h2,5-6,8,10,20H,3-4,7,9H2,1H3,(H2,18,19,21). The molecule has 22 heavy (non-hydrogen) atoms. The van der Waals surface area contributed by atoms with Crippen LogP contribution >= 0.6 is 0 Å². The third-order valence-corrected chi connectivity index (χ3v) is 2.67. The lowest BCUT2D eigenvalue weighted by Crippen LogP contribution is -2.36. The zero-order valence-electron chi connectivity index (χ0n) is 12.1. The first-order valence-electron chi connectivity index (χ1n) is 6.78. The van der Waals surface area contributed by atoms with Crippen LogP contribution in [0.2, 0.25) is 0 Å². The fraction of sp³-hybridized carbons (Fsp3) is 0.500. The number of urea groups is 1. The predicted molar refractivity (Wildman–Crippen MR) is 75.9 cm³/mol. The lowest BCUT2D eigenvalue weighted by Gasteiger charge is -2.15. The number of alkyl halides is 3. The first-order chi connectivity index (χ1) is 10.3. The van der Waals surface area contributed by atoms with Crippen LogP contribution in [0.25, 0.3) is 0 Å². The van der Waals surface area contributed by atoms with Gasteiger partial charge < -0.3 is 20.5 Å². The van der Waals surface area contributed by atoms with E-state index in [4.69, 9.17) is 5.11 Å². The van der Waals surface area contributed by atoms with Crippen molar-refractivity contribution in [2.24, 2.45) is 0 Å². The summed E-state index contributed by atoms with van der Waals surface area (Å²) in [6, 6.07) is 5.10. The van der Waals surface area contributed by atoms with E-state index in [2.05, 4.69) is 15.4 Å². The van der Waals surface area contributed by atoms with Gasteiger partial charge in [0, 0.05) is 24.4 Å². The van der Waals surface area contributed by atoms with Crippen LogP contribution in [0.1, 0.15) is 19.8 Å². The Hall–Kier alpha value is -1.96. The molecule has 0 aliphatic rings. The summed E-state index contributed by atoms with van der Waals surface area (Å²) >= 11 is 0. The highest BCUT2D eigenvalue weighted by molar-refractivity contribution is 5.89. The normalized spacial score (nSPS) is 12.6. The average Bonchev–Trinajstić information content (AvgIpc) is 2.42. The van der Waals surface area contributed by atoms with Crippen LogP contribution < -0.4 is 15.4 Å². The molecule has 1 atom stereocenters. The molecule has 0 fully saturated rings. The fourth-order valence-electron chi connectivity index (χ4n) is 1.69. The molecule has 5 nitrogen and oxygen atoms in total. The predicted octanol–water partition coefficient (Wildman–Crippen LogP) is 2.91. The molecule has 8 heteroatoms. The van der Waals surface area contributed by atoms with Gasteiger partial charge in [-0.2, -0.15) is 13.2 Å². The second-order valence-electron chi connectivity index (χ2n) is 4.80. The topological polar surface area (TPSA) is 70.6 Å². The van der Waals surface area contributed by atoms with E-state index in [-0.39, 0.29) is 18.4 Å². The second-order valence-corrected chi connectivity index (χ2v) is 4.80. The van der Waals surface area contributed by atoms with Crippen molar-refractivity contribution >= 4 is 11.7 Å². The number of amides is 2. The number of hydrogen-bond donors (Lipinski definition) is 3. The molecule has 1 unspecified atom stereocenters. The van der Waals surface area contributed by atoms with Crippen molar-refractivity contribution in [2.75, 3.05) is 18.5 Å². The van der Waals surface area contributed by atoms with Gasteiger partial charge in [0.2, 0.25) is 0 Å². The molecule has 2 amide bonds. The summed E-state index contributed by atoms with van der Waals surface area (Å²) < 4.78 is 40.8. The van der Waals surface area contributed by atoms with E-state index >= 15 is 0 Å². The van der Waals surface area contributed by atoms with Crippen LogP contribution in [0.5, 0.6) is 5.75 Å². The number of aliphatic hydroxyl groups excluding tert-OH is 1. The molecule has 124 valence electrons. The van der Waals surface area contributed by atoms with E-state index in [0.29, 0.717) is 18.5 Å². The van der Waals surface area contributed by atoms with Crippen molar-refractivity contribution in [3.05, 3.63) is 24.3 Å². The minimum Gasteiger partial charge on any atom is -0.484 e. The summed E-state index contributed by atoms with van der Waals surface area (Å²) in [5, 5.41) is 13.9. The van der Waals surface area contributed by atoms with Gasteiger partial charge in [-0.05, 0) is 31.9 Å². The van der Waals surface area contributed by atoms with E-state index in [1.165, 1.54) is 18.2 Å². The van der Waals surface area contributed by atoms with Crippen LogP contribution in [0, 0.1) is 0 Å². The molecule has 1 rings (SSSR count). The van der Waals surface area contributed by atoms with Gasteiger partial charge in [0.05, 0.1) is 0 Å². The number of benzene rings is 1. The zero-order chi connectivity index (χ0) is 16.6. The van der Waals surface area contributed by atoms with Crippen molar-refractivity contribution in [3.8, 4) is 5.75 Å². The average molecular weight is 320 g/mol. The molecule has 1 aromatic rings. The van der Waals surface area contributed by atoms with Crippen molar-refractivity contribution < 1.29 is 27.8 Å². The Morgan fingerprint density at radius 3 is 2.77 bits per heavy atom. The number of aliphatic hydroxyl groups is 1. The zero-order valence-corrected chi connectivity index (χ0v) is 12.1. The fourth-order valence-corrected chi connectivity index (χ4v) is 1.69. The van der Waals surface area contributed by atoms with Gasteiger partial charge in [0.25, 0.3) is 0 Å². The van der Waals surface area contributed by atoms with Crippen molar-refractivity contribution in [1.29, 1.82) is 0 Å². The molecule has 1 aromatic carbocycles. The Kier molecular flexibility index (Phi) is 6.97. The Labute approximate surface area is 126 Å². The molecular formula is C14H19F3N2O3. The molecule has 0 aliphatic carbocycles. The monoisotopic (exact) mass is 320 g/mol. The minimum atomic E-state index is -4.41. The van der Waals surface area contributed by atoms with E-state index < -0.39 is 18.8 Å². The maximum Gasteiger partial charge on any atom is 0.422 e. The lowest BCUT2D eigenvalue weighted by molar-refractivity contribution is -0.153. The quantitative estimate of drug-likeness (QED) is 0.723. The molecule has 0 saturated carbocycles. The third-order valence-electron chi connectivity index (χ3n) is 2.67. The van der Waals surface area contributed by atoms with Gasteiger partial charge in [-0.3, -0.25) is 0 Å². The van der Waals surface area contributed by atoms with Crippen LogP contribution in [0.15, 0.2) is 24.3 Å².